The van der Waals surface area contributed by atoms with Crippen LogP contribution in [0, 0.1) is 25.7 Å². The Morgan fingerprint density at radius 1 is 0.932 bits per heavy atom. The maximum absolute atomic E-state index is 5.29. The molecular formula is C41H55N3. The summed E-state index contributed by atoms with van der Waals surface area (Å²) >= 11 is 0. The van der Waals surface area contributed by atoms with Gasteiger partial charge < -0.3 is 5.32 Å². The molecular weight excluding hydrogens is 534 g/mol. The predicted molar refractivity (Wildman–Crippen MR) is 187 cm³/mol. The van der Waals surface area contributed by atoms with E-state index in [1.54, 1.807) is 0 Å². The summed E-state index contributed by atoms with van der Waals surface area (Å²) in [6.45, 7) is 14.0. The highest BCUT2D eigenvalue weighted by molar-refractivity contribution is 5.74. The van der Waals surface area contributed by atoms with Crippen LogP contribution in [-0.2, 0) is 13.0 Å². The minimum absolute atomic E-state index is 0.496. The lowest BCUT2D eigenvalue weighted by Gasteiger charge is -2.32. The van der Waals surface area contributed by atoms with Gasteiger partial charge in [0.15, 0.2) is 0 Å². The van der Waals surface area contributed by atoms with Crippen molar-refractivity contribution in [2.45, 2.75) is 130 Å². The second kappa shape index (κ2) is 15.8. The number of hydrogen-bond donors (Lipinski definition) is 1. The Morgan fingerprint density at radius 3 is 2.48 bits per heavy atom. The molecule has 4 atom stereocenters. The number of fused-ring (bicyclic) bond motifs is 1. The molecule has 1 aliphatic heterocycles. The normalized spacial score (nSPS) is 21.3. The number of rotatable bonds is 10. The Hall–Kier alpha value is -3.00. The third-order valence-electron chi connectivity index (χ3n) is 10.5. The van der Waals surface area contributed by atoms with Crippen molar-refractivity contribution in [2.24, 2.45) is 11.8 Å². The number of aryl methyl sites for hydroxylation is 2. The number of unbranched alkanes of at least 4 members (excludes halogenated alkanes) is 1. The van der Waals surface area contributed by atoms with Crippen molar-refractivity contribution in [3.8, 4) is 11.3 Å². The zero-order valence-electron chi connectivity index (χ0n) is 27.9. The van der Waals surface area contributed by atoms with Gasteiger partial charge in [-0.25, -0.2) is 4.98 Å². The quantitative estimate of drug-likeness (QED) is 0.239. The highest BCUT2D eigenvalue weighted by Gasteiger charge is 2.27. The summed E-state index contributed by atoms with van der Waals surface area (Å²) < 4.78 is 0. The van der Waals surface area contributed by atoms with Gasteiger partial charge >= 0.3 is 0 Å². The highest BCUT2D eigenvalue weighted by atomic mass is 15.0. The zero-order chi connectivity index (χ0) is 30.9. The molecule has 1 N–H and O–H groups in total. The van der Waals surface area contributed by atoms with Crippen LogP contribution >= 0.6 is 0 Å². The number of nitrogens with one attached hydrogen (secondary N) is 1. The van der Waals surface area contributed by atoms with E-state index in [1.165, 1.54) is 116 Å². The van der Waals surface area contributed by atoms with Gasteiger partial charge in [0.1, 0.15) is 0 Å². The first-order valence-corrected chi connectivity index (χ1v) is 17.7. The molecule has 2 aliphatic rings. The van der Waals surface area contributed by atoms with E-state index in [0.717, 1.165) is 24.4 Å². The summed E-state index contributed by atoms with van der Waals surface area (Å²) in [5.74, 6) is 1.89. The van der Waals surface area contributed by atoms with Crippen molar-refractivity contribution < 1.29 is 0 Å². The fourth-order valence-electron chi connectivity index (χ4n) is 7.81. The van der Waals surface area contributed by atoms with Crippen LogP contribution in [0.5, 0.6) is 0 Å². The molecule has 3 heteroatoms. The maximum atomic E-state index is 5.29. The van der Waals surface area contributed by atoms with Crippen molar-refractivity contribution >= 4 is 5.57 Å². The minimum Gasteiger partial charge on any atom is -0.308 e. The highest BCUT2D eigenvalue weighted by Crippen LogP contribution is 2.38. The van der Waals surface area contributed by atoms with Gasteiger partial charge in [-0.2, -0.15) is 0 Å². The molecule has 0 amide bonds. The summed E-state index contributed by atoms with van der Waals surface area (Å²) in [5.41, 5.74) is 14.6. The summed E-state index contributed by atoms with van der Waals surface area (Å²) in [6, 6.07) is 16.6. The third kappa shape index (κ3) is 7.98. The molecule has 3 nitrogen and oxygen atoms in total. The van der Waals surface area contributed by atoms with E-state index in [2.05, 4.69) is 87.8 Å². The van der Waals surface area contributed by atoms with E-state index in [9.17, 15) is 0 Å². The molecule has 1 aliphatic carbocycles. The van der Waals surface area contributed by atoms with Gasteiger partial charge in [0, 0.05) is 30.1 Å². The summed E-state index contributed by atoms with van der Waals surface area (Å²) in [5, 5.41) is 3.81. The predicted octanol–water partition coefficient (Wildman–Crippen LogP) is 10.7. The van der Waals surface area contributed by atoms with Crippen LogP contribution in [0.25, 0.3) is 16.8 Å². The molecule has 2 aromatic carbocycles. The van der Waals surface area contributed by atoms with Crippen LogP contribution in [0.2, 0.25) is 0 Å². The van der Waals surface area contributed by atoms with Crippen LogP contribution in [0.1, 0.15) is 130 Å². The molecule has 1 aromatic heterocycles. The molecule has 4 unspecified atom stereocenters. The van der Waals surface area contributed by atoms with Crippen molar-refractivity contribution in [2.75, 3.05) is 0 Å². The van der Waals surface area contributed by atoms with E-state index in [-0.39, 0.29) is 0 Å². The third-order valence-corrected chi connectivity index (χ3v) is 10.5. The molecule has 3 aromatic rings. The van der Waals surface area contributed by atoms with Gasteiger partial charge in [-0.15, -0.1) is 5.73 Å². The molecule has 44 heavy (non-hydrogen) atoms. The number of aromatic nitrogens is 2. The van der Waals surface area contributed by atoms with Gasteiger partial charge in [0.2, 0.25) is 0 Å². The summed E-state index contributed by atoms with van der Waals surface area (Å²) in [6.07, 6.45) is 18.1. The van der Waals surface area contributed by atoms with Gasteiger partial charge in [-0.3, -0.25) is 4.98 Å². The van der Waals surface area contributed by atoms with Gasteiger partial charge in [-0.1, -0.05) is 101 Å². The smallest absolute Gasteiger partial charge is 0.0891 e. The first kappa shape index (κ1) is 32.4. The number of benzene rings is 2. The Labute approximate surface area is 267 Å². The summed E-state index contributed by atoms with van der Waals surface area (Å²) in [7, 11) is 0. The minimum atomic E-state index is 0.496. The summed E-state index contributed by atoms with van der Waals surface area (Å²) in [4.78, 5) is 10.2. The Kier molecular flexibility index (Phi) is 11.7. The van der Waals surface area contributed by atoms with E-state index >= 15 is 0 Å². The lowest BCUT2D eigenvalue weighted by molar-refractivity contribution is 0.288. The van der Waals surface area contributed by atoms with Crippen molar-refractivity contribution in [1.82, 2.24) is 15.3 Å². The number of nitrogens with zero attached hydrogens (tertiary/aromatic N) is 2. The second-order valence-electron chi connectivity index (χ2n) is 13.7. The average molecular weight is 590 g/mol. The Morgan fingerprint density at radius 2 is 1.70 bits per heavy atom. The van der Waals surface area contributed by atoms with Crippen LogP contribution in [0.3, 0.4) is 0 Å². The van der Waals surface area contributed by atoms with E-state index < -0.39 is 0 Å². The van der Waals surface area contributed by atoms with E-state index in [0.29, 0.717) is 23.8 Å². The van der Waals surface area contributed by atoms with Crippen molar-refractivity contribution in [3.63, 3.8) is 0 Å². The lowest BCUT2D eigenvalue weighted by atomic mass is 9.84. The Balaban J connectivity index is 1.33. The average Bonchev–Trinajstić information content (AvgIpc) is 3.16. The van der Waals surface area contributed by atoms with Crippen LogP contribution in [0.15, 0.2) is 61.0 Å². The van der Waals surface area contributed by atoms with Gasteiger partial charge in [0.25, 0.3) is 0 Å². The molecule has 234 valence electrons. The molecule has 0 bridgehead atoms. The van der Waals surface area contributed by atoms with E-state index in [4.69, 9.17) is 9.97 Å². The largest absolute Gasteiger partial charge is 0.308 e. The fourth-order valence-corrected chi connectivity index (χ4v) is 7.81. The maximum Gasteiger partial charge on any atom is 0.0891 e. The topological polar surface area (TPSA) is 37.8 Å². The molecule has 0 saturated heterocycles. The standard InChI is InChI=1S/C41H55N3/c1-6-9-14-34(13-7-2)38-26-39-41(28-42-38)43-27-40(44-39)37-25-35(24-21-30(37)5)36(8-3)33-16-11-10-15-31(17-12-18-33)32-22-19-29(4)20-23-32/h19-25,27,31,33-34,38,42H,3,6-7,9-18,26,28H2,1-2,4-5H3. The fraction of sp³-hybridized carbons (Fsp3) is 0.537. The molecule has 1 fully saturated rings. The molecule has 2 heterocycles. The van der Waals surface area contributed by atoms with Crippen LogP contribution in [-0.4, -0.2) is 16.0 Å². The molecule has 5 rings (SSSR count). The van der Waals surface area contributed by atoms with E-state index in [1.807, 2.05) is 6.20 Å². The first-order chi connectivity index (χ1) is 21.5. The van der Waals surface area contributed by atoms with Crippen LogP contribution in [0.4, 0.5) is 0 Å². The monoisotopic (exact) mass is 589 g/mol. The lowest BCUT2D eigenvalue weighted by Crippen LogP contribution is -2.42. The Bertz CT molecular complexity index is 1410. The molecule has 0 radical (unpaired) electrons. The molecule has 0 spiro atoms. The van der Waals surface area contributed by atoms with Crippen molar-refractivity contribution in [1.29, 1.82) is 0 Å². The first-order valence-electron chi connectivity index (χ1n) is 17.7. The number of allylic oxidation sites excluding steroid dienone is 1. The van der Waals surface area contributed by atoms with Crippen LogP contribution < -0.4 is 5.32 Å². The SMILES string of the molecule is C=C=C(c1ccc(C)c(-c2cnc3c(n2)CC(C(CCC)CCCC)NC3)c1)C1CCCCC(c2ccc(C)cc2)CCC1. The molecule has 1 saturated carbocycles. The number of hydrogen-bond acceptors (Lipinski definition) is 3. The zero-order valence-corrected chi connectivity index (χ0v) is 27.9. The second-order valence-corrected chi connectivity index (χ2v) is 13.7. The van der Waals surface area contributed by atoms with Crippen molar-refractivity contribution in [3.05, 3.63) is 94.6 Å². The van der Waals surface area contributed by atoms with Gasteiger partial charge in [0.05, 0.1) is 23.3 Å². The van der Waals surface area contributed by atoms with Gasteiger partial charge in [-0.05, 0) is 92.9 Å².